The van der Waals surface area contributed by atoms with E-state index in [1.54, 1.807) is 13.0 Å². The predicted octanol–water partition coefficient (Wildman–Crippen LogP) is 3.01. The standard InChI is InChI=1S/C16H21NO3/c1-6-7-11(3)15(18)17-20-16(19)14-12(4)8-10(2)9-13(14)5/h6,8-9,11H,1,7H2,2-5H3,(H,17,18). The topological polar surface area (TPSA) is 55.4 Å². The van der Waals surface area contributed by atoms with Gasteiger partial charge in [0, 0.05) is 5.92 Å². The number of carbonyl (C=O) groups excluding carboxylic acids is 2. The van der Waals surface area contributed by atoms with Crippen molar-refractivity contribution in [3.63, 3.8) is 0 Å². The molecule has 0 bridgehead atoms. The molecule has 0 saturated heterocycles. The molecule has 4 nitrogen and oxygen atoms in total. The van der Waals surface area contributed by atoms with Crippen LogP contribution in [-0.2, 0) is 9.63 Å². The van der Waals surface area contributed by atoms with E-state index in [0.29, 0.717) is 12.0 Å². The second-order valence-corrected chi connectivity index (χ2v) is 5.05. The summed E-state index contributed by atoms with van der Waals surface area (Å²) in [6, 6.07) is 3.82. The lowest BCUT2D eigenvalue weighted by molar-refractivity contribution is -0.133. The lowest BCUT2D eigenvalue weighted by Crippen LogP contribution is -2.32. The molecule has 1 unspecified atom stereocenters. The second-order valence-electron chi connectivity index (χ2n) is 5.05. The zero-order valence-corrected chi connectivity index (χ0v) is 12.4. The van der Waals surface area contributed by atoms with E-state index in [4.69, 9.17) is 4.84 Å². The summed E-state index contributed by atoms with van der Waals surface area (Å²) in [7, 11) is 0. The third-order valence-corrected chi connectivity index (χ3v) is 3.09. The van der Waals surface area contributed by atoms with Crippen molar-refractivity contribution < 1.29 is 14.4 Å². The van der Waals surface area contributed by atoms with Crippen molar-refractivity contribution in [2.24, 2.45) is 5.92 Å². The average Bonchev–Trinajstić information content (AvgIpc) is 2.34. The molecule has 0 saturated carbocycles. The van der Waals surface area contributed by atoms with Crippen LogP contribution >= 0.6 is 0 Å². The number of nitrogens with one attached hydrogen (secondary N) is 1. The summed E-state index contributed by atoms with van der Waals surface area (Å²) in [5.74, 6) is -1.15. The average molecular weight is 275 g/mol. The van der Waals surface area contributed by atoms with Crippen molar-refractivity contribution in [2.45, 2.75) is 34.1 Å². The largest absolute Gasteiger partial charge is 0.363 e. The van der Waals surface area contributed by atoms with Gasteiger partial charge in [0.15, 0.2) is 0 Å². The van der Waals surface area contributed by atoms with Gasteiger partial charge in [0.1, 0.15) is 0 Å². The molecule has 0 aliphatic rings. The van der Waals surface area contributed by atoms with Crippen molar-refractivity contribution in [2.75, 3.05) is 0 Å². The van der Waals surface area contributed by atoms with Gasteiger partial charge in [-0.3, -0.25) is 4.79 Å². The highest BCUT2D eigenvalue weighted by atomic mass is 16.7. The first kappa shape index (κ1) is 16.0. The van der Waals surface area contributed by atoms with Gasteiger partial charge in [-0.05, 0) is 38.3 Å². The normalized spacial score (nSPS) is 11.6. The van der Waals surface area contributed by atoms with Crippen LogP contribution in [0.3, 0.4) is 0 Å². The molecule has 20 heavy (non-hydrogen) atoms. The van der Waals surface area contributed by atoms with Gasteiger partial charge in [0.25, 0.3) is 5.91 Å². The first-order valence-corrected chi connectivity index (χ1v) is 6.56. The van der Waals surface area contributed by atoms with E-state index >= 15 is 0 Å². The van der Waals surface area contributed by atoms with Crippen LogP contribution in [0.25, 0.3) is 0 Å². The SMILES string of the molecule is C=CCC(C)C(=O)NOC(=O)c1c(C)cc(C)cc1C. The van der Waals surface area contributed by atoms with Gasteiger partial charge in [0.2, 0.25) is 0 Å². The Morgan fingerprint density at radius 2 is 1.85 bits per heavy atom. The van der Waals surface area contributed by atoms with Gasteiger partial charge in [-0.2, -0.15) is 5.48 Å². The first-order chi connectivity index (χ1) is 9.36. The second kappa shape index (κ2) is 6.89. The molecular formula is C16H21NO3. The van der Waals surface area contributed by atoms with E-state index in [1.807, 2.05) is 32.9 Å². The summed E-state index contributed by atoms with van der Waals surface area (Å²) in [6.07, 6.45) is 2.19. The quantitative estimate of drug-likeness (QED) is 0.679. The monoisotopic (exact) mass is 275 g/mol. The Kier molecular flexibility index (Phi) is 5.50. The lowest BCUT2D eigenvalue weighted by atomic mass is 10.0. The van der Waals surface area contributed by atoms with Crippen LogP contribution in [0, 0.1) is 26.7 Å². The smallest absolute Gasteiger partial charge is 0.335 e. The van der Waals surface area contributed by atoms with Gasteiger partial charge >= 0.3 is 5.97 Å². The Balaban J connectivity index is 2.73. The third kappa shape index (κ3) is 3.95. The van der Waals surface area contributed by atoms with Crippen molar-refractivity contribution >= 4 is 11.9 Å². The molecule has 0 spiro atoms. The van der Waals surface area contributed by atoms with Gasteiger partial charge < -0.3 is 4.84 Å². The van der Waals surface area contributed by atoms with Crippen LogP contribution in [0.2, 0.25) is 0 Å². The summed E-state index contributed by atoms with van der Waals surface area (Å²) in [5, 5.41) is 0. The number of hydroxylamine groups is 1. The summed E-state index contributed by atoms with van der Waals surface area (Å²) in [6.45, 7) is 11.0. The van der Waals surface area contributed by atoms with E-state index in [2.05, 4.69) is 12.1 Å². The highest BCUT2D eigenvalue weighted by Crippen LogP contribution is 2.17. The van der Waals surface area contributed by atoms with E-state index in [-0.39, 0.29) is 11.8 Å². The van der Waals surface area contributed by atoms with Crippen LogP contribution < -0.4 is 5.48 Å². The van der Waals surface area contributed by atoms with Gasteiger partial charge in [-0.25, -0.2) is 4.79 Å². The summed E-state index contributed by atoms with van der Waals surface area (Å²) in [5.41, 5.74) is 5.44. The molecule has 0 radical (unpaired) electrons. The third-order valence-electron chi connectivity index (χ3n) is 3.09. The molecule has 1 aromatic rings. The highest BCUT2D eigenvalue weighted by Gasteiger charge is 2.17. The fourth-order valence-electron chi connectivity index (χ4n) is 2.11. The Morgan fingerprint density at radius 3 is 2.35 bits per heavy atom. The predicted molar refractivity (Wildman–Crippen MR) is 78.2 cm³/mol. The maximum atomic E-state index is 12.0. The van der Waals surface area contributed by atoms with Gasteiger partial charge in [0.05, 0.1) is 5.56 Å². The lowest BCUT2D eigenvalue weighted by Gasteiger charge is -2.12. The number of aryl methyl sites for hydroxylation is 3. The molecule has 108 valence electrons. The minimum Gasteiger partial charge on any atom is -0.335 e. The highest BCUT2D eigenvalue weighted by molar-refractivity contribution is 5.93. The zero-order valence-electron chi connectivity index (χ0n) is 12.4. The number of carbonyl (C=O) groups is 2. The maximum absolute atomic E-state index is 12.0. The van der Waals surface area contributed by atoms with Crippen molar-refractivity contribution in [1.29, 1.82) is 0 Å². The molecule has 1 amide bonds. The Labute approximate surface area is 119 Å². The minimum atomic E-state index is -0.542. The van der Waals surface area contributed by atoms with E-state index in [0.717, 1.165) is 16.7 Å². The molecule has 1 atom stereocenters. The van der Waals surface area contributed by atoms with Crippen molar-refractivity contribution in [3.8, 4) is 0 Å². The van der Waals surface area contributed by atoms with Gasteiger partial charge in [-0.1, -0.05) is 30.7 Å². The number of hydrogen-bond acceptors (Lipinski definition) is 3. The number of benzene rings is 1. The molecule has 0 aromatic heterocycles. The van der Waals surface area contributed by atoms with Crippen molar-refractivity contribution in [1.82, 2.24) is 5.48 Å². The van der Waals surface area contributed by atoms with Crippen LogP contribution in [0.15, 0.2) is 24.8 Å². The molecule has 0 aliphatic heterocycles. The van der Waals surface area contributed by atoms with E-state index in [9.17, 15) is 9.59 Å². The Morgan fingerprint density at radius 1 is 1.30 bits per heavy atom. The van der Waals surface area contributed by atoms with Crippen LogP contribution in [-0.4, -0.2) is 11.9 Å². The number of allylic oxidation sites excluding steroid dienone is 1. The maximum Gasteiger partial charge on any atom is 0.363 e. The number of hydrogen-bond donors (Lipinski definition) is 1. The molecular weight excluding hydrogens is 254 g/mol. The minimum absolute atomic E-state index is 0.277. The van der Waals surface area contributed by atoms with Crippen LogP contribution in [0.1, 0.15) is 40.4 Å². The summed E-state index contributed by atoms with van der Waals surface area (Å²) >= 11 is 0. The zero-order chi connectivity index (χ0) is 15.3. The molecule has 1 N–H and O–H groups in total. The van der Waals surface area contributed by atoms with Crippen molar-refractivity contribution in [3.05, 3.63) is 47.0 Å². The molecule has 1 rings (SSSR count). The summed E-state index contributed by atoms with van der Waals surface area (Å²) in [4.78, 5) is 28.6. The first-order valence-electron chi connectivity index (χ1n) is 6.56. The fourth-order valence-corrected chi connectivity index (χ4v) is 2.11. The molecule has 1 aromatic carbocycles. The summed E-state index contributed by atoms with van der Waals surface area (Å²) < 4.78 is 0. The van der Waals surface area contributed by atoms with E-state index < -0.39 is 5.97 Å². The molecule has 0 aliphatic carbocycles. The number of amides is 1. The number of rotatable bonds is 4. The molecule has 0 heterocycles. The van der Waals surface area contributed by atoms with Crippen LogP contribution in [0.5, 0.6) is 0 Å². The fraction of sp³-hybridized carbons (Fsp3) is 0.375. The van der Waals surface area contributed by atoms with Crippen LogP contribution in [0.4, 0.5) is 0 Å². The Bertz CT molecular complexity index is 512. The molecule has 4 heteroatoms. The van der Waals surface area contributed by atoms with E-state index in [1.165, 1.54) is 0 Å². The van der Waals surface area contributed by atoms with Gasteiger partial charge in [-0.15, -0.1) is 6.58 Å². The molecule has 0 fully saturated rings. The Hall–Kier alpha value is -2.10.